The van der Waals surface area contributed by atoms with Gasteiger partial charge in [0.2, 0.25) is 5.92 Å². The lowest BCUT2D eigenvalue weighted by molar-refractivity contribution is -0.0517. The molecular formula is C13H17F2NO2S. The van der Waals surface area contributed by atoms with Gasteiger partial charge in [0, 0.05) is 24.6 Å². The summed E-state index contributed by atoms with van der Waals surface area (Å²) in [5.41, 5.74) is 5.67. The minimum Gasteiger partial charge on any atom is -0.321 e. The van der Waals surface area contributed by atoms with Crippen molar-refractivity contribution in [3.8, 4) is 0 Å². The van der Waals surface area contributed by atoms with E-state index in [9.17, 15) is 17.2 Å². The van der Waals surface area contributed by atoms with Crippen LogP contribution in [0.5, 0.6) is 0 Å². The van der Waals surface area contributed by atoms with Gasteiger partial charge in [-0.05, 0) is 24.5 Å². The first-order valence-electron chi connectivity index (χ1n) is 6.10. The van der Waals surface area contributed by atoms with Crippen LogP contribution in [0.4, 0.5) is 8.78 Å². The van der Waals surface area contributed by atoms with E-state index in [1.54, 1.807) is 18.2 Å². The summed E-state index contributed by atoms with van der Waals surface area (Å²) in [4.78, 5) is 0.141. The Morgan fingerprint density at radius 1 is 1.11 bits per heavy atom. The molecule has 19 heavy (non-hydrogen) atoms. The van der Waals surface area contributed by atoms with E-state index < -0.39 is 21.3 Å². The van der Waals surface area contributed by atoms with Crippen LogP contribution in [0.3, 0.4) is 0 Å². The smallest absolute Gasteiger partial charge is 0.248 e. The van der Waals surface area contributed by atoms with Crippen LogP contribution < -0.4 is 5.73 Å². The van der Waals surface area contributed by atoms with Crippen molar-refractivity contribution >= 4 is 9.84 Å². The zero-order valence-corrected chi connectivity index (χ0v) is 11.5. The van der Waals surface area contributed by atoms with Gasteiger partial charge in [-0.25, -0.2) is 17.2 Å². The SMILES string of the molecule is CS(=O)(=O)c1ccccc1C1(N)CCC(F)(F)CC1. The number of benzene rings is 1. The van der Waals surface area contributed by atoms with Crippen molar-refractivity contribution < 1.29 is 17.2 Å². The molecule has 0 bridgehead atoms. The van der Waals surface area contributed by atoms with Crippen LogP contribution in [0.2, 0.25) is 0 Å². The molecule has 1 aromatic rings. The average molecular weight is 289 g/mol. The number of nitrogens with two attached hydrogens (primary N) is 1. The normalized spacial score (nSPS) is 22.1. The summed E-state index contributed by atoms with van der Waals surface area (Å²) in [6.45, 7) is 0. The lowest BCUT2D eigenvalue weighted by Gasteiger charge is -2.38. The quantitative estimate of drug-likeness (QED) is 0.909. The fourth-order valence-corrected chi connectivity index (χ4v) is 3.53. The molecular weight excluding hydrogens is 272 g/mol. The highest BCUT2D eigenvalue weighted by Crippen LogP contribution is 2.43. The van der Waals surface area contributed by atoms with Crippen molar-refractivity contribution in [3.63, 3.8) is 0 Å². The zero-order valence-electron chi connectivity index (χ0n) is 10.7. The molecule has 3 nitrogen and oxygen atoms in total. The van der Waals surface area contributed by atoms with Gasteiger partial charge in [-0.1, -0.05) is 18.2 Å². The molecule has 1 aromatic carbocycles. The second-order valence-electron chi connectivity index (χ2n) is 5.28. The molecule has 1 fully saturated rings. The summed E-state index contributed by atoms with van der Waals surface area (Å²) >= 11 is 0. The van der Waals surface area contributed by atoms with Gasteiger partial charge in [-0.2, -0.15) is 0 Å². The first-order chi connectivity index (χ1) is 8.64. The van der Waals surface area contributed by atoms with Crippen LogP contribution in [-0.2, 0) is 15.4 Å². The molecule has 0 aromatic heterocycles. The van der Waals surface area contributed by atoms with E-state index in [1.807, 2.05) is 0 Å². The van der Waals surface area contributed by atoms with Crippen molar-refractivity contribution in [2.75, 3.05) is 6.26 Å². The molecule has 0 amide bonds. The summed E-state index contributed by atoms with van der Waals surface area (Å²) in [6, 6.07) is 6.40. The molecule has 0 unspecified atom stereocenters. The average Bonchev–Trinajstić information content (AvgIpc) is 2.32. The van der Waals surface area contributed by atoms with Crippen LogP contribution in [0, 0.1) is 0 Å². The summed E-state index contributed by atoms with van der Waals surface area (Å²) < 4.78 is 50.0. The highest BCUT2D eigenvalue weighted by Gasteiger charge is 2.43. The number of halogens is 2. The van der Waals surface area contributed by atoms with Gasteiger partial charge in [0.15, 0.2) is 9.84 Å². The number of sulfone groups is 1. The highest BCUT2D eigenvalue weighted by molar-refractivity contribution is 7.90. The zero-order chi connectivity index (χ0) is 14.3. The van der Waals surface area contributed by atoms with Crippen molar-refractivity contribution in [2.24, 2.45) is 5.73 Å². The van der Waals surface area contributed by atoms with E-state index >= 15 is 0 Å². The third-order valence-corrected chi connectivity index (χ3v) is 4.85. The van der Waals surface area contributed by atoms with Crippen LogP contribution in [-0.4, -0.2) is 20.6 Å². The fraction of sp³-hybridized carbons (Fsp3) is 0.538. The lowest BCUT2D eigenvalue weighted by Crippen LogP contribution is -2.44. The molecule has 106 valence electrons. The minimum atomic E-state index is -3.42. The number of rotatable bonds is 2. The molecule has 0 spiro atoms. The Hall–Kier alpha value is -1.01. The fourth-order valence-electron chi connectivity index (χ4n) is 2.53. The Balaban J connectivity index is 2.43. The van der Waals surface area contributed by atoms with Crippen molar-refractivity contribution in [1.29, 1.82) is 0 Å². The van der Waals surface area contributed by atoms with Gasteiger partial charge in [-0.15, -0.1) is 0 Å². The molecule has 1 aliphatic rings. The van der Waals surface area contributed by atoms with Crippen molar-refractivity contribution in [3.05, 3.63) is 29.8 Å². The largest absolute Gasteiger partial charge is 0.321 e. The lowest BCUT2D eigenvalue weighted by atomic mass is 9.76. The minimum absolute atomic E-state index is 0.0898. The summed E-state index contributed by atoms with van der Waals surface area (Å²) in [5.74, 6) is -2.69. The van der Waals surface area contributed by atoms with Crippen molar-refractivity contribution in [2.45, 2.75) is 42.0 Å². The highest BCUT2D eigenvalue weighted by atomic mass is 32.2. The first kappa shape index (κ1) is 14.4. The predicted molar refractivity (Wildman–Crippen MR) is 68.8 cm³/mol. The molecule has 0 aliphatic heterocycles. The summed E-state index contributed by atoms with van der Waals surface area (Å²) in [5, 5.41) is 0. The topological polar surface area (TPSA) is 60.2 Å². The van der Waals surface area contributed by atoms with Crippen LogP contribution >= 0.6 is 0 Å². The van der Waals surface area contributed by atoms with Crippen molar-refractivity contribution in [1.82, 2.24) is 0 Å². The van der Waals surface area contributed by atoms with Crippen LogP contribution in [0.25, 0.3) is 0 Å². The van der Waals surface area contributed by atoms with Gasteiger partial charge in [0.1, 0.15) is 0 Å². The maximum Gasteiger partial charge on any atom is 0.248 e. The summed E-state index contributed by atoms with van der Waals surface area (Å²) in [7, 11) is -3.42. The Bertz CT molecular complexity index is 574. The van der Waals surface area contributed by atoms with E-state index in [4.69, 9.17) is 5.73 Å². The van der Waals surface area contributed by atoms with E-state index in [-0.39, 0.29) is 30.6 Å². The third-order valence-electron chi connectivity index (χ3n) is 3.70. The monoisotopic (exact) mass is 289 g/mol. The molecule has 0 radical (unpaired) electrons. The Labute approximate surface area is 111 Å². The molecule has 2 N–H and O–H groups in total. The van der Waals surface area contributed by atoms with Gasteiger partial charge in [-0.3, -0.25) is 0 Å². The van der Waals surface area contributed by atoms with E-state index in [0.29, 0.717) is 5.56 Å². The first-order valence-corrected chi connectivity index (χ1v) is 8.00. The van der Waals surface area contributed by atoms with Gasteiger partial charge >= 0.3 is 0 Å². The standard InChI is InChI=1S/C13H17F2NO2S/c1-19(17,18)11-5-3-2-4-10(11)12(16)6-8-13(14,15)9-7-12/h2-5H,6-9,16H2,1H3. The molecule has 0 saturated heterocycles. The number of hydrogen-bond acceptors (Lipinski definition) is 3. The molecule has 1 aliphatic carbocycles. The van der Waals surface area contributed by atoms with E-state index in [1.165, 1.54) is 6.07 Å². The number of alkyl halides is 2. The Kier molecular flexibility index (Phi) is 3.43. The Morgan fingerprint density at radius 3 is 2.16 bits per heavy atom. The predicted octanol–water partition coefficient (Wildman–Crippen LogP) is 2.45. The maximum atomic E-state index is 13.2. The van der Waals surface area contributed by atoms with Gasteiger partial charge in [0.25, 0.3) is 0 Å². The van der Waals surface area contributed by atoms with Gasteiger partial charge < -0.3 is 5.73 Å². The van der Waals surface area contributed by atoms with Gasteiger partial charge in [0.05, 0.1) is 4.90 Å². The van der Waals surface area contributed by atoms with E-state index in [2.05, 4.69) is 0 Å². The molecule has 2 rings (SSSR count). The second-order valence-corrected chi connectivity index (χ2v) is 7.26. The van der Waals surface area contributed by atoms with Crippen LogP contribution in [0.1, 0.15) is 31.2 Å². The van der Waals surface area contributed by atoms with Crippen LogP contribution in [0.15, 0.2) is 29.2 Å². The molecule has 1 saturated carbocycles. The maximum absolute atomic E-state index is 13.2. The second kappa shape index (κ2) is 4.52. The molecule has 0 atom stereocenters. The Morgan fingerprint density at radius 2 is 1.63 bits per heavy atom. The molecule has 0 heterocycles. The molecule has 6 heteroatoms. The van der Waals surface area contributed by atoms with E-state index in [0.717, 1.165) is 6.26 Å². The third kappa shape index (κ3) is 2.95. The summed E-state index contributed by atoms with van der Waals surface area (Å²) in [6.07, 6.45) is 0.675. The number of hydrogen-bond donors (Lipinski definition) is 1.